The molecule has 24 heavy (non-hydrogen) atoms. The van der Waals surface area contributed by atoms with Gasteiger partial charge >= 0.3 is 0 Å². The largest absolute Gasteiger partial charge is 0.484 e. The molecule has 0 aliphatic carbocycles. The molecule has 0 radical (unpaired) electrons. The number of amides is 2. The zero-order valence-electron chi connectivity index (χ0n) is 14.6. The summed E-state index contributed by atoms with van der Waals surface area (Å²) in [5.74, 6) is 0.338. The SMILES string of the molecule is CNC(=O)CN1CC2(CCN(C)CC2)Oc2ccc(C)cc2C1=O. The Kier molecular flexibility index (Phi) is 4.49. The van der Waals surface area contributed by atoms with Gasteiger partial charge in [0, 0.05) is 33.0 Å². The molecule has 1 aromatic rings. The van der Waals surface area contributed by atoms with Gasteiger partial charge in [-0.25, -0.2) is 0 Å². The third-order valence-corrected chi connectivity index (χ3v) is 4.97. The molecule has 0 saturated carbocycles. The van der Waals surface area contributed by atoms with Gasteiger partial charge in [0.1, 0.15) is 11.4 Å². The summed E-state index contributed by atoms with van der Waals surface area (Å²) in [6.07, 6.45) is 1.68. The number of nitrogens with one attached hydrogen (secondary N) is 1. The maximum Gasteiger partial charge on any atom is 0.258 e. The van der Waals surface area contributed by atoms with Crippen molar-refractivity contribution in [2.45, 2.75) is 25.4 Å². The molecule has 1 N–H and O–H groups in total. The molecule has 1 saturated heterocycles. The van der Waals surface area contributed by atoms with Crippen molar-refractivity contribution < 1.29 is 14.3 Å². The van der Waals surface area contributed by atoms with Crippen LogP contribution in [0.4, 0.5) is 0 Å². The Labute approximate surface area is 142 Å². The Morgan fingerprint density at radius 1 is 1.33 bits per heavy atom. The molecule has 3 rings (SSSR count). The maximum absolute atomic E-state index is 13.0. The zero-order chi connectivity index (χ0) is 17.3. The van der Waals surface area contributed by atoms with E-state index < -0.39 is 5.60 Å². The first-order chi connectivity index (χ1) is 11.4. The highest BCUT2D eigenvalue weighted by Gasteiger charge is 2.42. The van der Waals surface area contributed by atoms with Crippen LogP contribution in [0.2, 0.25) is 0 Å². The quantitative estimate of drug-likeness (QED) is 0.880. The summed E-state index contributed by atoms with van der Waals surface area (Å²) in [5, 5.41) is 2.61. The van der Waals surface area contributed by atoms with E-state index in [0.717, 1.165) is 31.5 Å². The van der Waals surface area contributed by atoms with Crippen molar-refractivity contribution in [1.29, 1.82) is 0 Å². The molecule has 0 unspecified atom stereocenters. The van der Waals surface area contributed by atoms with Crippen LogP contribution >= 0.6 is 0 Å². The highest BCUT2D eigenvalue weighted by atomic mass is 16.5. The first-order valence-corrected chi connectivity index (χ1v) is 8.40. The van der Waals surface area contributed by atoms with Crippen molar-refractivity contribution in [2.24, 2.45) is 0 Å². The van der Waals surface area contributed by atoms with Crippen LogP contribution < -0.4 is 10.1 Å². The molecule has 6 nitrogen and oxygen atoms in total. The van der Waals surface area contributed by atoms with Crippen LogP contribution in [-0.4, -0.2) is 67.5 Å². The average Bonchev–Trinajstić information content (AvgIpc) is 2.67. The van der Waals surface area contributed by atoms with Crippen molar-refractivity contribution >= 4 is 11.8 Å². The first-order valence-electron chi connectivity index (χ1n) is 8.40. The highest BCUT2D eigenvalue weighted by molar-refractivity contribution is 5.99. The van der Waals surface area contributed by atoms with Crippen molar-refractivity contribution in [3.63, 3.8) is 0 Å². The van der Waals surface area contributed by atoms with E-state index >= 15 is 0 Å². The van der Waals surface area contributed by atoms with Crippen molar-refractivity contribution in [3.05, 3.63) is 29.3 Å². The molecular weight excluding hydrogens is 306 g/mol. The molecule has 1 spiro atoms. The predicted octanol–water partition coefficient (Wildman–Crippen LogP) is 1.04. The summed E-state index contributed by atoms with van der Waals surface area (Å²) < 4.78 is 6.38. The van der Waals surface area contributed by atoms with Gasteiger partial charge in [-0.2, -0.15) is 0 Å². The van der Waals surface area contributed by atoms with Crippen molar-refractivity contribution in [2.75, 3.05) is 40.3 Å². The Balaban J connectivity index is 1.98. The summed E-state index contributed by atoms with van der Waals surface area (Å²) in [6.45, 7) is 4.30. The summed E-state index contributed by atoms with van der Waals surface area (Å²) >= 11 is 0. The molecule has 1 fully saturated rings. The highest BCUT2D eigenvalue weighted by Crippen LogP contribution is 2.35. The number of benzene rings is 1. The number of carbonyl (C=O) groups is 2. The van der Waals surface area contributed by atoms with E-state index in [0.29, 0.717) is 17.9 Å². The fourth-order valence-electron chi connectivity index (χ4n) is 3.42. The molecule has 6 heteroatoms. The number of hydrogen-bond donors (Lipinski definition) is 1. The number of nitrogens with zero attached hydrogens (tertiary/aromatic N) is 2. The first kappa shape index (κ1) is 16.8. The molecule has 0 atom stereocenters. The van der Waals surface area contributed by atoms with Gasteiger partial charge in [-0.15, -0.1) is 0 Å². The molecule has 0 bridgehead atoms. The molecule has 0 aromatic heterocycles. The maximum atomic E-state index is 13.0. The van der Waals surface area contributed by atoms with Crippen LogP contribution in [0.1, 0.15) is 28.8 Å². The van der Waals surface area contributed by atoms with Gasteiger partial charge in [0.25, 0.3) is 5.91 Å². The number of piperidine rings is 1. The number of hydrogen-bond acceptors (Lipinski definition) is 4. The number of carbonyl (C=O) groups excluding carboxylic acids is 2. The summed E-state index contributed by atoms with van der Waals surface area (Å²) in [4.78, 5) is 28.8. The predicted molar refractivity (Wildman–Crippen MR) is 91.2 cm³/mol. The Hall–Kier alpha value is -2.08. The second kappa shape index (κ2) is 6.43. The van der Waals surface area contributed by atoms with Gasteiger partial charge in [0.15, 0.2) is 0 Å². The number of ether oxygens (including phenoxy) is 1. The second-order valence-corrected chi connectivity index (χ2v) is 6.92. The van der Waals surface area contributed by atoms with E-state index in [2.05, 4.69) is 17.3 Å². The molecule has 130 valence electrons. The lowest BCUT2D eigenvalue weighted by Gasteiger charge is -2.41. The lowest BCUT2D eigenvalue weighted by Crippen LogP contribution is -2.54. The van der Waals surface area contributed by atoms with Gasteiger partial charge in [0.05, 0.1) is 18.7 Å². The minimum atomic E-state index is -0.420. The van der Waals surface area contributed by atoms with E-state index in [1.165, 1.54) is 0 Å². The van der Waals surface area contributed by atoms with Gasteiger partial charge in [0.2, 0.25) is 5.91 Å². The van der Waals surface area contributed by atoms with Gasteiger partial charge < -0.3 is 19.9 Å². The van der Waals surface area contributed by atoms with Gasteiger partial charge in [-0.1, -0.05) is 11.6 Å². The average molecular weight is 331 g/mol. The normalized spacial score (nSPS) is 20.3. The summed E-state index contributed by atoms with van der Waals surface area (Å²) in [7, 11) is 3.68. The van der Waals surface area contributed by atoms with E-state index in [1.54, 1.807) is 11.9 Å². The minimum absolute atomic E-state index is 0.0592. The molecule has 2 aliphatic heterocycles. The van der Waals surface area contributed by atoms with Crippen LogP contribution in [0.5, 0.6) is 5.75 Å². The molecule has 1 aromatic carbocycles. The molecule has 2 heterocycles. The van der Waals surface area contributed by atoms with Crippen molar-refractivity contribution in [3.8, 4) is 5.75 Å². The molecular formula is C18H25N3O3. The van der Waals surface area contributed by atoms with Gasteiger partial charge in [-0.3, -0.25) is 9.59 Å². The summed E-state index contributed by atoms with van der Waals surface area (Å²) in [6, 6.07) is 5.69. The van der Waals surface area contributed by atoms with Gasteiger partial charge in [-0.05, 0) is 26.1 Å². The zero-order valence-corrected chi connectivity index (χ0v) is 14.6. The molecule has 2 aliphatic rings. The lowest BCUT2D eigenvalue weighted by molar-refractivity contribution is -0.121. The van der Waals surface area contributed by atoms with Crippen LogP contribution in [0, 0.1) is 6.92 Å². The van der Waals surface area contributed by atoms with Crippen LogP contribution in [-0.2, 0) is 4.79 Å². The topological polar surface area (TPSA) is 61.9 Å². The van der Waals surface area contributed by atoms with E-state index in [9.17, 15) is 9.59 Å². The van der Waals surface area contributed by atoms with Crippen LogP contribution in [0.3, 0.4) is 0 Å². The lowest BCUT2D eigenvalue weighted by atomic mass is 9.90. The van der Waals surface area contributed by atoms with Crippen LogP contribution in [0.25, 0.3) is 0 Å². The fourth-order valence-corrected chi connectivity index (χ4v) is 3.42. The Bertz CT molecular complexity index is 651. The Morgan fingerprint density at radius 3 is 2.71 bits per heavy atom. The van der Waals surface area contributed by atoms with E-state index in [1.807, 2.05) is 25.1 Å². The van der Waals surface area contributed by atoms with Crippen LogP contribution in [0.15, 0.2) is 18.2 Å². The third-order valence-electron chi connectivity index (χ3n) is 4.97. The minimum Gasteiger partial charge on any atom is -0.484 e. The molecule has 2 amide bonds. The standard InChI is InChI=1S/C18H25N3O3/c1-13-4-5-15-14(10-13)17(23)21(11-16(22)19-2)12-18(24-15)6-8-20(3)9-7-18/h4-5,10H,6-9,11-12H2,1-3H3,(H,19,22). The van der Waals surface area contributed by atoms with E-state index in [-0.39, 0.29) is 18.4 Å². The van der Waals surface area contributed by atoms with E-state index in [4.69, 9.17) is 4.74 Å². The second-order valence-electron chi connectivity index (χ2n) is 6.92. The smallest absolute Gasteiger partial charge is 0.258 e. The summed E-state index contributed by atoms with van der Waals surface area (Å²) in [5.41, 5.74) is 1.14. The Morgan fingerprint density at radius 2 is 2.04 bits per heavy atom. The number of fused-ring (bicyclic) bond motifs is 1. The number of aryl methyl sites for hydroxylation is 1. The monoisotopic (exact) mass is 331 g/mol. The number of rotatable bonds is 2. The number of likely N-dealkylation sites (N-methyl/N-ethyl adjacent to an activating group) is 1. The fraction of sp³-hybridized carbons (Fsp3) is 0.556. The third kappa shape index (κ3) is 3.24. The van der Waals surface area contributed by atoms with Crippen molar-refractivity contribution in [1.82, 2.24) is 15.1 Å². The number of likely N-dealkylation sites (tertiary alicyclic amines) is 1.